The van der Waals surface area contributed by atoms with Crippen LogP contribution in [0.15, 0.2) is 12.2 Å². The maximum atomic E-state index is 12.6. The van der Waals surface area contributed by atoms with E-state index >= 15 is 0 Å². The van der Waals surface area contributed by atoms with Crippen LogP contribution in [0.25, 0.3) is 0 Å². The summed E-state index contributed by atoms with van der Waals surface area (Å²) in [5.74, 6) is 4.26. The molecule has 0 amide bonds. The van der Waals surface area contributed by atoms with Gasteiger partial charge in [0, 0.05) is 31.1 Å². The highest BCUT2D eigenvalue weighted by atomic mass is 16.4. The molecule has 0 radical (unpaired) electrons. The Morgan fingerprint density at radius 2 is 2.04 bits per heavy atom. The molecule has 0 aliphatic heterocycles. The molecule has 0 spiro atoms. The van der Waals surface area contributed by atoms with Gasteiger partial charge in [0.1, 0.15) is 5.78 Å². The number of aliphatic hydroxyl groups excluding tert-OH is 2. The van der Waals surface area contributed by atoms with Crippen molar-refractivity contribution < 1.29 is 24.9 Å². The van der Waals surface area contributed by atoms with Gasteiger partial charge in [-0.15, -0.1) is 11.8 Å². The van der Waals surface area contributed by atoms with E-state index in [2.05, 4.69) is 11.8 Å². The average molecular weight is 350 g/mol. The molecule has 3 N–H and O–H groups in total. The van der Waals surface area contributed by atoms with E-state index < -0.39 is 29.5 Å². The highest BCUT2D eigenvalue weighted by molar-refractivity contribution is 5.90. The predicted molar refractivity (Wildman–Crippen MR) is 95.7 cm³/mol. The van der Waals surface area contributed by atoms with E-state index in [-0.39, 0.29) is 18.1 Å². The summed E-state index contributed by atoms with van der Waals surface area (Å²) in [7, 11) is 0. The monoisotopic (exact) mass is 350 g/mol. The topological polar surface area (TPSA) is 94.8 Å². The number of rotatable bonds is 8. The number of Topliss-reactive ketones (excluding diaryl/α,β-unsaturated/α-hetero) is 1. The van der Waals surface area contributed by atoms with Crippen LogP contribution in [0.5, 0.6) is 0 Å². The zero-order valence-corrected chi connectivity index (χ0v) is 15.4. The molecule has 0 aromatic heterocycles. The van der Waals surface area contributed by atoms with Crippen molar-refractivity contribution in [2.24, 2.45) is 17.3 Å². The van der Waals surface area contributed by atoms with Gasteiger partial charge in [-0.25, -0.2) is 0 Å². The molecule has 5 nitrogen and oxygen atoms in total. The number of carbonyl (C=O) groups excluding carboxylic acids is 1. The molecule has 0 heterocycles. The van der Waals surface area contributed by atoms with Crippen molar-refractivity contribution in [3.05, 3.63) is 12.2 Å². The second-order valence-electron chi connectivity index (χ2n) is 7.26. The third kappa shape index (κ3) is 5.98. The first kappa shape index (κ1) is 21.4. The molecule has 4 unspecified atom stereocenters. The van der Waals surface area contributed by atoms with Crippen molar-refractivity contribution in [1.82, 2.24) is 0 Å². The molecule has 1 aliphatic rings. The number of carboxylic acids is 1. The summed E-state index contributed by atoms with van der Waals surface area (Å²) >= 11 is 0. The highest BCUT2D eigenvalue weighted by Crippen LogP contribution is 2.44. The lowest BCUT2D eigenvalue weighted by molar-refractivity contribution is -0.137. The van der Waals surface area contributed by atoms with Crippen LogP contribution in [0.4, 0.5) is 0 Å². The molecule has 0 aromatic carbocycles. The Labute approximate surface area is 150 Å². The van der Waals surface area contributed by atoms with E-state index in [1.165, 1.54) is 0 Å². The minimum Gasteiger partial charge on any atom is -0.481 e. The van der Waals surface area contributed by atoms with Gasteiger partial charge in [-0.2, -0.15) is 0 Å². The quantitative estimate of drug-likeness (QED) is 0.355. The number of hydrogen-bond donors (Lipinski definition) is 3. The lowest BCUT2D eigenvalue weighted by Crippen LogP contribution is -2.31. The Morgan fingerprint density at radius 1 is 1.36 bits per heavy atom. The van der Waals surface area contributed by atoms with Gasteiger partial charge in [0.2, 0.25) is 0 Å². The minimum absolute atomic E-state index is 0.0144. The number of aliphatic hydroxyl groups is 2. The van der Waals surface area contributed by atoms with Gasteiger partial charge in [-0.05, 0) is 12.8 Å². The van der Waals surface area contributed by atoms with Crippen LogP contribution in [0.2, 0.25) is 0 Å². The van der Waals surface area contributed by atoms with Crippen molar-refractivity contribution in [2.75, 3.05) is 0 Å². The number of carboxylic acid groups (broad SMARTS) is 1. The third-order valence-electron chi connectivity index (χ3n) is 4.82. The second-order valence-corrected chi connectivity index (χ2v) is 7.26. The molecule has 1 saturated carbocycles. The van der Waals surface area contributed by atoms with Crippen molar-refractivity contribution in [1.29, 1.82) is 0 Å². The Balaban J connectivity index is 2.76. The number of hydrogen-bond acceptors (Lipinski definition) is 4. The smallest absolute Gasteiger partial charge is 0.303 e. The van der Waals surface area contributed by atoms with Crippen molar-refractivity contribution in [3.63, 3.8) is 0 Å². The standard InChI is InChI=1S/C20H30O5/c1-4-9-14(21)12-13-16-15(18(24)20(2,3)19(16)25)10-7-5-6-8-11-17(22)23/h12-16,19,21,25H,4,6,8-11H2,1-3H3,(H,22,23). The summed E-state index contributed by atoms with van der Waals surface area (Å²) in [5.41, 5.74) is -0.833. The molecule has 0 bridgehead atoms. The lowest BCUT2D eigenvalue weighted by atomic mass is 9.86. The van der Waals surface area contributed by atoms with Crippen LogP contribution in [-0.4, -0.2) is 39.3 Å². The van der Waals surface area contributed by atoms with E-state index in [1.807, 2.05) is 6.92 Å². The van der Waals surface area contributed by atoms with Crippen LogP contribution in [-0.2, 0) is 9.59 Å². The molecule has 0 saturated heterocycles. The summed E-state index contributed by atoms with van der Waals surface area (Å²) in [6, 6.07) is 0. The predicted octanol–water partition coefficient (Wildman–Crippen LogP) is 2.55. The molecular formula is C20H30O5. The summed E-state index contributed by atoms with van der Waals surface area (Å²) in [6.45, 7) is 5.46. The van der Waals surface area contributed by atoms with Gasteiger partial charge in [0.15, 0.2) is 0 Å². The molecular weight excluding hydrogens is 320 g/mol. The van der Waals surface area contributed by atoms with Crippen LogP contribution in [0, 0.1) is 29.1 Å². The Bertz CT molecular complexity index is 552. The summed E-state index contributed by atoms with van der Waals surface area (Å²) in [5, 5.41) is 29.0. The lowest BCUT2D eigenvalue weighted by Gasteiger charge is -2.22. The molecule has 4 atom stereocenters. The maximum absolute atomic E-state index is 12.6. The van der Waals surface area contributed by atoms with Crippen molar-refractivity contribution in [2.45, 2.75) is 71.5 Å². The summed E-state index contributed by atoms with van der Waals surface area (Å²) in [6.07, 6.45) is 4.95. The average Bonchev–Trinajstić information content (AvgIpc) is 2.69. The van der Waals surface area contributed by atoms with Crippen LogP contribution in [0.3, 0.4) is 0 Å². The van der Waals surface area contributed by atoms with E-state index in [4.69, 9.17) is 5.11 Å². The first-order valence-corrected chi connectivity index (χ1v) is 8.98. The Hall–Kier alpha value is -1.64. The van der Waals surface area contributed by atoms with Gasteiger partial charge >= 0.3 is 5.97 Å². The fourth-order valence-corrected chi connectivity index (χ4v) is 3.21. The molecule has 5 heteroatoms. The number of carbonyl (C=O) groups is 2. The SMILES string of the molecule is CCCC(O)C=CC1C(CC#CCCCC(=O)O)C(=O)C(C)(C)C1O. The Morgan fingerprint density at radius 3 is 2.64 bits per heavy atom. The number of unbranched alkanes of at least 4 members (excludes halogenated alkanes) is 1. The zero-order valence-electron chi connectivity index (χ0n) is 15.4. The molecule has 1 aliphatic carbocycles. The van der Waals surface area contributed by atoms with E-state index in [9.17, 15) is 19.8 Å². The van der Waals surface area contributed by atoms with E-state index in [0.29, 0.717) is 25.7 Å². The third-order valence-corrected chi connectivity index (χ3v) is 4.82. The number of aliphatic carboxylic acids is 1. The molecule has 1 fully saturated rings. The first-order chi connectivity index (χ1) is 11.7. The van der Waals surface area contributed by atoms with Gasteiger partial charge in [0.25, 0.3) is 0 Å². The van der Waals surface area contributed by atoms with Gasteiger partial charge < -0.3 is 15.3 Å². The molecule has 1 rings (SSSR count). The van der Waals surface area contributed by atoms with Crippen molar-refractivity contribution in [3.8, 4) is 11.8 Å². The van der Waals surface area contributed by atoms with E-state index in [0.717, 1.165) is 6.42 Å². The zero-order chi connectivity index (χ0) is 19.0. The first-order valence-electron chi connectivity index (χ1n) is 8.98. The molecule has 25 heavy (non-hydrogen) atoms. The van der Waals surface area contributed by atoms with Crippen LogP contribution in [0.1, 0.15) is 59.3 Å². The fourth-order valence-electron chi connectivity index (χ4n) is 3.21. The second kappa shape index (κ2) is 9.74. The highest BCUT2D eigenvalue weighted by Gasteiger charge is 2.52. The molecule has 140 valence electrons. The van der Waals surface area contributed by atoms with Crippen LogP contribution < -0.4 is 0 Å². The normalized spacial score (nSPS) is 26.4. The summed E-state index contributed by atoms with van der Waals surface area (Å²) in [4.78, 5) is 23.1. The summed E-state index contributed by atoms with van der Waals surface area (Å²) < 4.78 is 0. The minimum atomic E-state index is -0.839. The van der Waals surface area contributed by atoms with Gasteiger partial charge in [-0.1, -0.05) is 39.3 Å². The van der Waals surface area contributed by atoms with E-state index in [1.54, 1.807) is 26.0 Å². The van der Waals surface area contributed by atoms with Gasteiger partial charge in [-0.3, -0.25) is 9.59 Å². The van der Waals surface area contributed by atoms with Crippen LogP contribution >= 0.6 is 0 Å². The van der Waals surface area contributed by atoms with Gasteiger partial charge in [0.05, 0.1) is 17.6 Å². The largest absolute Gasteiger partial charge is 0.481 e. The Kier molecular flexibility index (Phi) is 8.34. The maximum Gasteiger partial charge on any atom is 0.303 e. The number of ketones is 1. The van der Waals surface area contributed by atoms with Crippen molar-refractivity contribution >= 4 is 11.8 Å². The fraction of sp³-hybridized carbons (Fsp3) is 0.700. The molecule has 0 aromatic rings.